The number of rotatable bonds is 0. The first-order valence-electron chi connectivity index (χ1n) is 2.18. The molecule has 0 amide bonds. The maximum Gasteiger partial charge on any atom is 0 e. The Morgan fingerprint density at radius 3 is 2.33 bits per heavy atom. The third kappa shape index (κ3) is 5.79. The van der Waals surface area contributed by atoms with Crippen molar-refractivity contribution in [2.75, 3.05) is 0 Å². The van der Waals surface area contributed by atoms with E-state index in [4.69, 9.17) is 0 Å². The molecular formula is C6H6NY2-. The fourth-order valence-corrected chi connectivity index (χ4v) is 0.404. The summed E-state index contributed by atoms with van der Waals surface area (Å²) in [4.78, 5) is 3.85. The molecule has 0 fully saturated rings. The Balaban J connectivity index is 0. The van der Waals surface area contributed by atoms with Crippen LogP contribution in [0.5, 0.6) is 0 Å². The molecule has 9 heavy (non-hydrogen) atoms. The number of nitrogens with zero attached hydrogens (tertiary/aromatic N) is 1. The van der Waals surface area contributed by atoms with Crippen molar-refractivity contribution in [3.63, 3.8) is 0 Å². The van der Waals surface area contributed by atoms with E-state index in [9.17, 15) is 0 Å². The SMILES string of the molecule is Cc1[c-]ccnc1.[Y].[Y]. The molecule has 1 aromatic rings. The van der Waals surface area contributed by atoms with Gasteiger partial charge in [0.05, 0.1) is 0 Å². The molecule has 0 saturated heterocycles. The van der Waals surface area contributed by atoms with Crippen LogP contribution >= 0.6 is 0 Å². The predicted molar refractivity (Wildman–Crippen MR) is 27.8 cm³/mol. The van der Waals surface area contributed by atoms with Crippen LogP contribution < -0.4 is 0 Å². The van der Waals surface area contributed by atoms with Gasteiger partial charge in [-0.15, -0.1) is 5.56 Å². The summed E-state index contributed by atoms with van der Waals surface area (Å²) in [6, 6.07) is 4.77. The molecule has 0 saturated carbocycles. The van der Waals surface area contributed by atoms with Gasteiger partial charge < -0.3 is 4.98 Å². The number of hydrogen-bond acceptors (Lipinski definition) is 1. The maximum absolute atomic E-state index is 3.85. The van der Waals surface area contributed by atoms with Gasteiger partial charge in [-0.3, -0.25) is 0 Å². The molecule has 0 aliphatic rings. The van der Waals surface area contributed by atoms with E-state index in [-0.39, 0.29) is 65.4 Å². The third-order valence-electron chi connectivity index (χ3n) is 0.740. The second-order valence-electron chi connectivity index (χ2n) is 1.42. The van der Waals surface area contributed by atoms with Crippen molar-refractivity contribution in [3.05, 3.63) is 30.1 Å². The van der Waals surface area contributed by atoms with E-state index in [0.717, 1.165) is 5.56 Å². The minimum atomic E-state index is 0. The first-order valence-corrected chi connectivity index (χ1v) is 2.18. The number of aryl methyl sites for hydroxylation is 1. The average molecular weight is 270 g/mol. The van der Waals surface area contributed by atoms with E-state index in [1.54, 1.807) is 18.5 Å². The van der Waals surface area contributed by atoms with Gasteiger partial charge in [-0.05, 0) is 0 Å². The predicted octanol–water partition coefficient (Wildman–Crippen LogP) is 1.19. The van der Waals surface area contributed by atoms with E-state index in [1.807, 2.05) is 6.92 Å². The molecule has 0 aliphatic carbocycles. The molecule has 0 aromatic carbocycles. The average Bonchev–Trinajstić information content (AvgIpc) is 1.69. The quantitative estimate of drug-likeness (QED) is 0.645. The van der Waals surface area contributed by atoms with Crippen LogP contribution in [-0.4, -0.2) is 4.98 Å². The van der Waals surface area contributed by atoms with Gasteiger partial charge in [0.25, 0.3) is 0 Å². The van der Waals surface area contributed by atoms with Crippen LogP contribution in [0.2, 0.25) is 0 Å². The Morgan fingerprint density at radius 1 is 1.44 bits per heavy atom. The molecule has 1 aromatic heterocycles. The smallest absolute Gasteiger partial charge is 0 e. The van der Waals surface area contributed by atoms with Gasteiger partial charge in [-0.1, -0.05) is 19.3 Å². The third-order valence-corrected chi connectivity index (χ3v) is 0.740. The summed E-state index contributed by atoms with van der Waals surface area (Å²) < 4.78 is 0. The van der Waals surface area contributed by atoms with Crippen LogP contribution in [0, 0.1) is 13.0 Å². The molecule has 0 bridgehead atoms. The second kappa shape index (κ2) is 7.46. The maximum atomic E-state index is 3.85. The fraction of sp³-hybridized carbons (Fsp3) is 0.167. The minimum Gasteiger partial charge on any atom is -0.391 e. The van der Waals surface area contributed by atoms with Gasteiger partial charge in [0.1, 0.15) is 0 Å². The zero-order chi connectivity index (χ0) is 5.11. The summed E-state index contributed by atoms with van der Waals surface area (Å²) in [6.07, 6.45) is 3.49. The van der Waals surface area contributed by atoms with Crippen LogP contribution in [-0.2, 0) is 65.4 Å². The van der Waals surface area contributed by atoms with Crippen molar-refractivity contribution in [3.8, 4) is 0 Å². The molecule has 0 N–H and O–H groups in total. The second-order valence-corrected chi connectivity index (χ2v) is 1.42. The van der Waals surface area contributed by atoms with Crippen molar-refractivity contribution < 1.29 is 65.4 Å². The minimum absolute atomic E-state index is 0. The first-order chi connectivity index (χ1) is 3.39. The first kappa shape index (κ1) is 13.0. The van der Waals surface area contributed by atoms with E-state index in [2.05, 4.69) is 11.1 Å². The molecule has 3 heteroatoms. The summed E-state index contributed by atoms with van der Waals surface area (Å²) in [5.74, 6) is 0. The number of pyridine rings is 1. The molecular weight excluding hydrogens is 264 g/mol. The van der Waals surface area contributed by atoms with Crippen LogP contribution in [0.1, 0.15) is 5.56 Å². The van der Waals surface area contributed by atoms with E-state index in [0.29, 0.717) is 0 Å². The monoisotopic (exact) mass is 270 g/mol. The van der Waals surface area contributed by atoms with Gasteiger partial charge in [-0.25, -0.2) is 0 Å². The van der Waals surface area contributed by atoms with E-state index >= 15 is 0 Å². The molecule has 0 atom stereocenters. The van der Waals surface area contributed by atoms with E-state index in [1.165, 1.54) is 0 Å². The summed E-state index contributed by atoms with van der Waals surface area (Å²) >= 11 is 0. The van der Waals surface area contributed by atoms with Crippen LogP contribution in [0.15, 0.2) is 18.5 Å². The van der Waals surface area contributed by atoms with Gasteiger partial charge in [0.2, 0.25) is 0 Å². The molecule has 0 aliphatic heterocycles. The van der Waals surface area contributed by atoms with Crippen LogP contribution in [0.4, 0.5) is 0 Å². The van der Waals surface area contributed by atoms with Gasteiger partial charge in [0.15, 0.2) is 0 Å². The number of aromatic nitrogens is 1. The Bertz CT molecular complexity index is 141. The Hall–Kier alpha value is 1.36. The Morgan fingerprint density at radius 2 is 2.11 bits per heavy atom. The molecule has 1 heterocycles. The summed E-state index contributed by atoms with van der Waals surface area (Å²) in [5.41, 5.74) is 1.09. The molecule has 1 nitrogen and oxygen atoms in total. The fourth-order valence-electron chi connectivity index (χ4n) is 0.404. The van der Waals surface area contributed by atoms with Crippen LogP contribution in [0.25, 0.3) is 0 Å². The van der Waals surface area contributed by atoms with Crippen molar-refractivity contribution >= 4 is 0 Å². The number of hydrogen-bond donors (Lipinski definition) is 0. The molecule has 0 spiro atoms. The van der Waals surface area contributed by atoms with Crippen molar-refractivity contribution in [1.82, 2.24) is 4.98 Å². The molecule has 1 rings (SSSR count). The summed E-state index contributed by atoms with van der Waals surface area (Å²) in [6.45, 7) is 1.97. The molecule has 0 unspecified atom stereocenters. The van der Waals surface area contributed by atoms with Gasteiger partial charge in [-0.2, -0.15) is 12.1 Å². The molecule has 42 valence electrons. The topological polar surface area (TPSA) is 12.9 Å². The Kier molecular flexibility index (Phi) is 10.8. The standard InChI is InChI=1S/C6H6N.2Y/c1-6-3-2-4-7-5-6;;/h2,4-5H,1H3;;/q-1;;. The Labute approximate surface area is 106 Å². The van der Waals surface area contributed by atoms with Gasteiger partial charge in [0, 0.05) is 65.4 Å². The van der Waals surface area contributed by atoms with Crippen molar-refractivity contribution in [1.29, 1.82) is 0 Å². The van der Waals surface area contributed by atoms with E-state index < -0.39 is 0 Å². The summed E-state index contributed by atoms with van der Waals surface area (Å²) in [7, 11) is 0. The zero-order valence-corrected chi connectivity index (χ0v) is 11.0. The van der Waals surface area contributed by atoms with Gasteiger partial charge >= 0.3 is 0 Å². The zero-order valence-electron chi connectivity index (χ0n) is 5.33. The van der Waals surface area contributed by atoms with Crippen molar-refractivity contribution in [2.45, 2.75) is 6.92 Å². The van der Waals surface area contributed by atoms with Crippen LogP contribution in [0.3, 0.4) is 0 Å². The van der Waals surface area contributed by atoms with Crippen molar-refractivity contribution in [2.24, 2.45) is 0 Å². The summed E-state index contributed by atoms with van der Waals surface area (Å²) in [5, 5.41) is 0. The normalized spacial score (nSPS) is 6.78. The largest absolute Gasteiger partial charge is 0.391 e. The molecule has 2 radical (unpaired) electrons.